The van der Waals surface area contributed by atoms with E-state index in [4.69, 9.17) is 4.43 Å². The Morgan fingerprint density at radius 1 is 1.42 bits per heavy atom. The molecule has 0 aromatic carbocycles. The molecule has 0 bridgehead atoms. The third kappa shape index (κ3) is 6.47. The van der Waals surface area contributed by atoms with E-state index >= 15 is 0 Å². The van der Waals surface area contributed by atoms with Crippen LogP contribution in [0.4, 0.5) is 0 Å². The Balaban J connectivity index is 3.75. The minimum atomic E-state index is -1.40. The number of allylic oxidation sites excluding steroid dienone is 1. The van der Waals surface area contributed by atoms with E-state index in [0.29, 0.717) is 5.92 Å². The predicted octanol–water partition coefficient (Wildman–Crippen LogP) is 3.79. The largest absolute Gasteiger partial charge is 0.548 e. The first-order valence-electron chi connectivity index (χ1n) is 4.72. The molecule has 0 saturated heterocycles. The Kier molecular flexibility index (Phi) is 4.61. The molecule has 0 saturated carbocycles. The molecule has 0 aliphatic heterocycles. The molecule has 1 nitrogen and oxygen atoms in total. The minimum absolute atomic E-state index is 0.703. The first-order valence-corrected chi connectivity index (χ1v) is 8.12. The van der Waals surface area contributed by atoms with Gasteiger partial charge in [0.25, 0.3) is 0 Å². The second-order valence-corrected chi connectivity index (χ2v) is 8.90. The van der Waals surface area contributed by atoms with Gasteiger partial charge in [-0.05, 0) is 25.6 Å². The first kappa shape index (κ1) is 11.8. The van der Waals surface area contributed by atoms with Crippen LogP contribution < -0.4 is 0 Å². The summed E-state index contributed by atoms with van der Waals surface area (Å²) in [5.74, 6) is 1.68. The summed E-state index contributed by atoms with van der Waals surface area (Å²) in [5.41, 5.74) is 0. The lowest BCUT2D eigenvalue weighted by Gasteiger charge is -2.22. The van der Waals surface area contributed by atoms with Gasteiger partial charge in [-0.3, -0.25) is 0 Å². The van der Waals surface area contributed by atoms with Crippen molar-refractivity contribution in [3.05, 3.63) is 12.3 Å². The molecule has 0 heterocycles. The van der Waals surface area contributed by atoms with E-state index in [0.717, 1.165) is 12.2 Å². The number of hydrogen-bond acceptors (Lipinski definition) is 1. The van der Waals surface area contributed by atoms with Gasteiger partial charge in [0, 0.05) is 6.42 Å². The Bertz CT molecular complexity index is 146. The van der Waals surface area contributed by atoms with E-state index in [2.05, 4.69) is 40.1 Å². The molecule has 0 rings (SSSR count). The van der Waals surface area contributed by atoms with Crippen molar-refractivity contribution in [2.45, 2.75) is 46.3 Å². The molecule has 0 aliphatic rings. The molecule has 2 heteroatoms. The second-order valence-electron chi connectivity index (χ2n) is 4.47. The van der Waals surface area contributed by atoms with Crippen LogP contribution in [0.1, 0.15) is 26.7 Å². The average Bonchev–Trinajstić information content (AvgIpc) is 1.82. The predicted molar refractivity (Wildman–Crippen MR) is 57.6 cm³/mol. The molecule has 0 aromatic heterocycles. The van der Waals surface area contributed by atoms with Gasteiger partial charge in [-0.25, -0.2) is 0 Å². The summed E-state index contributed by atoms with van der Waals surface area (Å²) < 4.78 is 5.75. The molecule has 1 unspecified atom stereocenters. The Hall–Kier alpha value is -0.243. The summed E-state index contributed by atoms with van der Waals surface area (Å²) in [6, 6.07) is 0. The normalized spacial score (nSPS) is 14.1. The van der Waals surface area contributed by atoms with Crippen LogP contribution in [0.15, 0.2) is 12.3 Å². The van der Waals surface area contributed by atoms with Gasteiger partial charge in [-0.1, -0.05) is 26.8 Å². The minimum Gasteiger partial charge on any atom is -0.548 e. The first-order chi connectivity index (χ1) is 5.35. The van der Waals surface area contributed by atoms with Crippen LogP contribution >= 0.6 is 0 Å². The van der Waals surface area contributed by atoms with Crippen molar-refractivity contribution >= 4 is 8.32 Å². The molecule has 72 valence electrons. The van der Waals surface area contributed by atoms with Crippen molar-refractivity contribution in [2.75, 3.05) is 0 Å². The maximum atomic E-state index is 5.75. The highest BCUT2D eigenvalue weighted by Crippen LogP contribution is 2.17. The van der Waals surface area contributed by atoms with E-state index in [1.54, 1.807) is 0 Å². The Morgan fingerprint density at radius 3 is 2.25 bits per heavy atom. The van der Waals surface area contributed by atoms with Gasteiger partial charge in [-0.15, -0.1) is 0 Å². The molecule has 0 spiro atoms. The Morgan fingerprint density at radius 2 is 1.92 bits per heavy atom. The molecule has 1 atom stereocenters. The molecular weight excluding hydrogens is 164 g/mol. The van der Waals surface area contributed by atoms with E-state index < -0.39 is 8.32 Å². The van der Waals surface area contributed by atoms with Crippen molar-refractivity contribution < 1.29 is 4.43 Å². The van der Waals surface area contributed by atoms with Crippen LogP contribution in [-0.2, 0) is 4.43 Å². The molecule has 0 radical (unpaired) electrons. The average molecular weight is 186 g/mol. The summed E-state index contributed by atoms with van der Waals surface area (Å²) in [6.45, 7) is 14.9. The standard InChI is InChI=1S/C10H22OSi/c1-7-9(2)8-10(3)11-12(4,5)6/h9H,3,7-8H2,1-2,4-6H3. The van der Waals surface area contributed by atoms with Crippen molar-refractivity contribution in [1.82, 2.24) is 0 Å². The highest BCUT2D eigenvalue weighted by atomic mass is 28.4. The zero-order valence-electron chi connectivity index (χ0n) is 9.11. The van der Waals surface area contributed by atoms with Gasteiger partial charge in [-0.2, -0.15) is 0 Å². The SMILES string of the molecule is C=C(CC(C)CC)O[Si](C)(C)C. The topological polar surface area (TPSA) is 9.23 Å². The summed E-state index contributed by atoms with van der Waals surface area (Å²) in [4.78, 5) is 0. The lowest BCUT2D eigenvalue weighted by Crippen LogP contribution is -2.25. The zero-order chi connectivity index (χ0) is 9.78. The van der Waals surface area contributed by atoms with Crippen LogP contribution in [0.2, 0.25) is 19.6 Å². The van der Waals surface area contributed by atoms with Crippen LogP contribution in [0.3, 0.4) is 0 Å². The lowest BCUT2D eigenvalue weighted by molar-refractivity contribution is 0.368. The Labute approximate surface area is 78.0 Å². The van der Waals surface area contributed by atoms with Gasteiger partial charge in [0.1, 0.15) is 0 Å². The van der Waals surface area contributed by atoms with Crippen molar-refractivity contribution in [3.8, 4) is 0 Å². The van der Waals surface area contributed by atoms with Gasteiger partial charge in [0.2, 0.25) is 8.32 Å². The molecule has 0 aromatic rings. The van der Waals surface area contributed by atoms with Gasteiger partial charge < -0.3 is 4.43 Å². The highest BCUT2D eigenvalue weighted by molar-refractivity contribution is 6.70. The summed E-state index contributed by atoms with van der Waals surface area (Å²) in [6.07, 6.45) is 2.22. The number of rotatable bonds is 5. The third-order valence-electron chi connectivity index (χ3n) is 1.72. The molecule has 0 aliphatic carbocycles. The fourth-order valence-corrected chi connectivity index (χ4v) is 1.96. The van der Waals surface area contributed by atoms with Crippen molar-refractivity contribution in [2.24, 2.45) is 5.92 Å². The summed E-state index contributed by atoms with van der Waals surface area (Å²) in [5, 5.41) is 0. The zero-order valence-corrected chi connectivity index (χ0v) is 10.1. The quantitative estimate of drug-likeness (QED) is 0.469. The van der Waals surface area contributed by atoms with Crippen LogP contribution in [0.25, 0.3) is 0 Å². The van der Waals surface area contributed by atoms with Gasteiger partial charge >= 0.3 is 0 Å². The maximum absolute atomic E-state index is 5.75. The van der Waals surface area contributed by atoms with Crippen LogP contribution in [-0.4, -0.2) is 8.32 Å². The fourth-order valence-electron chi connectivity index (χ4n) is 1.01. The maximum Gasteiger partial charge on any atom is 0.241 e. The van der Waals surface area contributed by atoms with E-state index in [1.165, 1.54) is 6.42 Å². The van der Waals surface area contributed by atoms with E-state index in [1.807, 2.05) is 0 Å². The monoisotopic (exact) mass is 186 g/mol. The fraction of sp³-hybridized carbons (Fsp3) is 0.800. The number of hydrogen-bond donors (Lipinski definition) is 0. The molecular formula is C10H22OSi. The van der Waals surface area contributed by atoms with Crippen LogP contribution in [0, 0.1) is 5.92 Å². The molecule has 0 fully saturated rings. The van der Waals surface area contributed by atoms with Gasteiger partial charge in [0.15, 0.2) is 0 Å². The summed E-state index contributed by atoms with van der Waals surface area (Å²) in [7, 11) is -1.40. The van der Waals surface area contributed by atoms with Crippen molar-refractivity contribution in [1.29, 1.82) is 0 Å². The van der Waals surface area contributed by atoms with Crippen LogP contribution in [0.5, 0.6) is 0 Å². The second kappa shape index (κ2) is 4.70. The molecule has 0 amide bonds. The highest BCUT2D eigenvalue weighted by Gasteiger charge is 2.17. The lowest BCUT2D eigenvalue weighted by atomic mass is 10.1. The van der Waals surface area contributed by atoms with E-state index in [9.17, 15) is 0 Å². The molecule has 12 heavy (non-hydrogen) atoms. The van der Waals surface area contributed by atoms with Crippen molar-refractivity contribution in [3.63, 3.8) is 0 Å². The smallest absolute Gasteiger partial charge is 0.241 e. The van der Waals surface area contributed by atoms with E-state index in [-0.39, 0.29) is 0 Å². The summed E-state index contributed by atoms with van der Waals surface area (Å²) >= 11 is 0. The third-order valence-corrected chi connectivity index (χ3v) is 2.62. The molecule has 0 N–H and O–H groups in total. The van der Waals surface area contributed by atoms with Gasteiger partial charge in [0.05, 0.1) is 5.76 Å².